The standard InChI is InChI=1S/C19H12FI3/c1-11-2-8-16(19(23)18(11)22)13-5-3-12(4-6-13)15-9-7-14(20)10-17(15)21/h2-10H,1H3. The van der Waals surface area contributed by atoms with E-state index in [0.717, 1.165) is 14.7 Å². The van der Waals surface area contributed by atoms with Crippen molar-refractivity contribution in [3.8, 4) is 22.3 Å². The lowest BCUT2D eigenvalue weighted by Gasteiger charge is -2.11. The number of hydrogen-bond donors (Lipinski definition) is 0. The van der Waals surface area contributed by atoms with E-state index in [4.69, 9.17) is 0 Å². The van der Waals surface area contributed by atoms with Crippen molar-refractivity contribution in [2.45, 2.75) is 6.92 Å². The summed E-state index contributed by atoms with van der Waals surface area (Å²) in [6.07, 6.45) is 0. The van der Waals surface area contributed by atoms with Gasteiger partial charge in [0.15, 0.2) is 0 Å². The molecule has 0 aliphatic rings. The van der Waals surface area contributed by atoms with Crippen LogP contribution in [-0.2, 0) is 0 Å². The maximum Gasteiger partial charge on any atom is 0.124 e. The molecule has 4 heteroatoms. The van der Waals surface area contributed by atoms with Crippen LogP contribution in [0, 0.1) is 23.5 Å². The summed E-state index contributed by atoms with van der Waals surface area (Å²) < 4.78 is 16.8. The van der Waals surface area contributed by atoms with Crippen molar-refractivity contribution in [1.82, 2.24) is 0 Å². The van der Waals surface area contributed by atoms with Gasteiger partial charge in [-0.2, -0.15) is 0 Å². The first kappa shape index (κ1) is 17.6. The molecule has 0 saturated carbocycles. The third kappa shape index (κ3) is 3.73. The van der Waals surface area contributed by atoms with E-state index in [9.17, 15) is 4.39 Å². The van der Waals surface area contributed by atoms with Crippen molar-refractivity contribution in [3.63, 3.8) is 0 Å². The van der Waals surface area contributed by atoms with E-state index in [0.29, 0.717) is 0 Å². The van der Waals surface area contributed by atoms with Crippen LogP contribution in [0.2, 0.25) is 0 Å². The van der Waals surface area contributed by atoms with Crippen LogP contribution in [-0.4, -0.2) is 0 Å². The number of hydrogen-bond acceptors (Lipinski definition) is 0. The third-order valence-corrected chi connectivity index (χ3v) is 8.15. The molecule has 0 aliphatic carbocycles. The summed E-state index contributed by atoms with van der Waals surface area (Å²) in [6.45, 7) is 2.13. The Labute approximate surface area is 176 Å². The number of benzene rings is 3. The molecule has 3 rings (SSSR count). The van der Waals surface area contributed by atoms with Gasteiger partial charge in [-0.3, -0.25) is 0 Å². The molecule has 23 heavy (non-hydrogen) atoms. The Hall–Kier alpha value is -0.220. The van der Waals surface area contributed by atoms with Gasteiger partial charge >= 0.3 is 0 Å². The summed E-state index contributed by atoms with van der Waals surface area (Å²) in [4.78, 5) is 0. The molecule has 116 valence electrons. The van der Waals surface area contributed by atoms with Gasteiger partial charge in [-0.05, 0) is 115 Å². The second kappa shape index (κ2) is 7.35. The Bertz CT molecular complexity index is 871. The number of rotatable bonds is 2. The first-order chi connectivity index (χ1) is 11.0. The van der Waals surface area contributed by atoms with Gasteiger partial charge in [-0.1, -0.05) is 42.5 Å². The molecule has 0 spiro atoms. The molecule has 0 saturated heterocycles. The molecule has 0 aromatic heterocycles. The van der Waals surface area contributed by atoms with E-state index >= 15 is 0 Å². The quantitative estimate of drug-likeness (QED) is 0.259. The molecule has 0 amide bonds. The number of aryl methyl sites for hydroxylation is 1. The SMILES string of the molecule is Cc1ccc(-c2ccc(-c3ccc(F)cc3I)cc2)c(I)c1I. The lowest BCUT2D eigenvalue weighted by atomic mass is 10.00. The minimum atomic E-state index is -0.196. The van der Waals surface area contributed by atoms with Crippen LogP contribution in [0.1, 0.15) is 5.56 Å². The van der Waals surface area contributed by atoms with Crippen LogP contribution in [0.25, 0.3) is 22.3 Å². The minimum Gasteiger partial charge on any atom is -0.207 e. The third-order valence-electron chi connectivity index (χ3n) is 3.71. The topological polar surface area (TPSA) is 0 Å². The van der Waals surface area contributed by atoms with Crippen LogP contribution in [0.3, 0.4) is 0 Å². The predicted molar refractivity (Wildman–Crippen MR) is 120 cm³/mol. The molecule has 0 radical (unpaired) electrons. The van der Waals surface area contributed by atoms with Crippen LogP contribution < -0.4 is 0 Å². The monoisotopic (exact) mass is 640 g/mol. The normalized spacial score (nSPS) is 10.8. The van der Waals surface area contributed by atoms with Crippen LogP contribution in [0.4, 0.5) is 4.39 Å². The summed E-state index contributed by atoms with van der Waals surface area (Å²) in [6, 6.07) is 17.7. The second-order valence-corrected chi connectivity index (χ2v) is 8.58. The Morgan fingerprint density at radius 1 is 0.696 bits per heavy atom. The van der Waals surface area contributed by atoms with E-state index in [2.05, 4.69) is 111 Å². The van der Waals surface area contributed by atoms with Gasteiger partial charge in [0.25, 0.3) is 0 Å². The molecule has 0 bridgehead atoms. The lowest BCUT2D eigenvalue weighted by molar-refractivity contribution is 0.627. The van der Waals surface area contributed by atoms with Crippen LogP contribution in [0.5, 0.6) is 0 Å². The summed E-state index contributed by atoms with van der Waals surface area (Å²) >= 11 is 6.99. The maximum absolute atomic E-state index is 13.3. The van der Waals surface area contributed by atoms with Crippen LogP contribution in [0.15, 0.2) is 54.6 Å². The fraction of sp³-hybridized carbons (Fsp3) is 0.0526. The lowest BCUT2D eigenvalue weighted by Crippen LogP contribution is -1.91. The van der Waals surface area contributed by atoms with Gasteiger partial charge < -0.3 is 0 Å². The zero-order valence-corrected chi connectivity index (χ0v) is 18.7. The summed E-state index contributed by atoms with van der Waals surface area (Å²) in [5.74, 6) is -0.196. The molecule has 0 nitrogen and oxygen atoms in total. The van der Waals surface area contributed by atoms with Gasteiger partial charge in [-0.25, -0.2) is 4.39 Å². The molecule has 0 unspecified atom stereocenters. The van der Waals surface area contributed by atoms with Crippen molar-refractivity contribution >= 4 is 67.8 Å². The minimum absolute atomic E-state index is 0.196. The van der Waals surface area contributed by atoms with Crippen molar-refractivity contribution in [2.24, 2.45) is 0 Å². The molecule has 0 atom stereocenters. The van der Waals surface area contributed by atoms with E-state index in [-0.39, 0.29) is 5.82 Å². The Morgan fingerprint density at radius 3 is 1.87 bits per heavy atom. The Balaban J connectivity index is 2.01. The molecule has 0 aliphatic heterocycles. The van der Waals surface area contributed by atoms with E-state index in [1.54, 1.807) is 6.07 Å². The highest BCUT2D eigenvalue weighted by molar-refractivity contribution is 14.1. The average Bonchev–Trinajstić information content (AvgIpc) is 2.53. The van der Waals surface area contributed by atoms with Crippen LogP contribution >= 0.6 is 67.8 Å². The first-order valence-corrected chi connectivity index (χ1v) is 10.2. The molecule has 0 heterocycles. The van der Waals surface area contributed by atoms with Crippen molar-refractivity contribution in [3.05, 3.63) is 76.7 Å². The molecular weight excluding hydrogens is 628 g/mol. The van der Waals surface area contributed by atoms with Crippen molar-refractivity contribution in [2.75, 3.05) is 0 Å². The van der Waals surface area contributed by atoms with E-state index < -0.39 is 0 Å². The van der Waals surface area contributed by atoms with Gasteiger partial charge in [0, 0.05) is 10.7 Å². The maximum atomic E-state index is 13.3. The Kier molecular flexibility index (Phi) is 5.62. The van der Waals surface area contributed by atoms with E-state index in [1.165, 1.54) is 29.9 Å². The molecule has 3 aromatic carbocycles. The zero-order valence-electron chi connectivity index (χ0n) is 12.2. The highest BCUT2D eigenvalue weighted by Crippen LogP contribution is 2.33. The number of halogens is 4. The highest BCUT2D eigenvalue weighted by atomic mass is 127. The second-order valence-electron chi connectivity index (χ2n) is 5.26. The molecule has 3 aromatic rings. The molecule has 0 fully saturated rings. The van der Waals surface area contributed by atoms with Gasteiger partial charge in [0.1, 0.15) is 5.82 Å². The summed E-state index contributed by atoms with van der Waals surface area (Å²) in [5.41, 5.74) is 5.92. The van der Waals surface area contributed by atoms with Gasteiger partial charge in [0.2, 0.25) is 0 Å². The summed E-state index contributed by atoms with van der Waals surface area (Å²) in [5, 5.41) is 0. The van der Waals surface area contributed by atoms with E-state index in [1.807, 2.05) is 6.07 Å². The molecular formula is C19H12FI3. The first-order valence-electron chi connectivity index (χ1n) is 6.98. The highest BCUT2D eigenvalue weighted by Gasteiger charge is 2.09. The van der Waals surface area contributed by atoms with Gasteiger partial charge in [-0.15, -0.1) is 0 Å². The smallest absolute Gasteiger partial charge is 0.124 e. The fourth-order valence-corrected chi connectivity index (χ4v) is 4.60. The largest absolute Gasteiger partial charge is 0.207 e. The summed E-state index contributed by atoms with van der Waals surface area (Å²) in [7, 11) is 0. The van der Waals surface area contributed by atoms with Gasteiger partial charge in [0.05, 0.1) is 0 Å². The average molecular weight is 640 g/mol. The predicted octanol–water partition coefficient (Wildman–Crippen LogP) is 7.28. The zero-order chi connectivity index (χ0) is 16.6. The van der Waals surface area contributed by atoms with Crippen molar-refractivity contribution in [1.29, 1.82) is 0 Å². The Morgan fingerprint density at radius 2 is 1.26 bits per heavy atom. The molecule has 0 N–H and O–H groups in total. The fourth-order valence-electron chi connectivity index (χ4n) is 2.42. The van der Waals surface area contributed by atoms with Crippen molar-refractivity contribution < 1.29 is 4.39 Å².